The van der Waals surface area contributed by atoms with Crippen molar-refractivity contribution < 1.29 is 26.3 Å². The van der Waals surface area contributed by atoms with Crippen LogP contribution in [0.2, 0.25) is 0 Å². The summed E-state index contributed by atoms with van der Waals surface area (Å²) in [5, 5.41) is 23.1. The number of hydrogen-bond donors (Lipinski definition) is 0. The third kappa shape index (κ3) is 5.15. The Morgan fingerprint density at radius 3 is 1.35 bits per heavy atom. The Bertz CT molecular complexity index is 2720. The molecule has 8 aromatic rings. The number of aryl methyl sites for hydroxylation is 2. The van der Waals surface area contributed by atoms with Crippen molar-refractivity contribution in [3.63, 3.8) is 0 Å². The Kier molecular flexibility index (Phi) is 7.23. The summed E-state index contributed by atoms with van der Waals surface area (Å²) in [6.07, 6.45) is -9.32. The molecule has 6 aromatic carbocycles. The molecule has 52 heavy (non-hydrogen) atoms. The van der Waals surface area contributed by atoms with E-state index in [2.05, 4.69) is 12.1 Å². The molecule has 0 radical (unpaired) electrons. The Balaban J connectivity index is 1.59. The summed E-state index contributed by atoms with van der Waals surface area (Å²) in [5.41, 5.74) is 3.20. The van der Waals surface area contributed by atoms with Crippen LogP contribution in [0.15, 0.2) is 109 Å². The average molecular weight is 699 g/mol. The molecule has 0 aliphatic heterocycles. The molecular formula is C42H24F6N4. The lowest BCUT2D eigenvalue weighted by Crippen LogP contribution is -2.08. The van der Waals surface area contributed by atoms with E-state index < -0.39 is 23.5 Å². The number of nitriles is 2. The highest BCUT2D eigenvalue weighted by atomic mass is 19.4. The smallest absolute Gasteiger partial charge is 0.308 e. The van der Waals surface area contributed by atoms with Crippen LogP contribution in [-0.2, 0) is 12.4 Å². The maximum absolute atomic E-state index is 14.2. The zero-order valence-corrected chi connectivity index (χ0v) is 27.4. The second-order valence-electron chi connectivity index (χ2n) is 12.9. The highest BCUT2D eigenvalue weighted by Gasteiger charge is 2.33. The Hall–Kier alpha value is -6.52. The molecule has 2 heterocycles. The number of nitrogens with zero attached hydrogens (tertiary/aromatic N) is 4. The van der Waals surface area contributed by atoms with Gasteiger partial charge in [-0.3, -0.25) is 0 Å². The summed E-state index contributed by atoms with van der Waals surface area (Å²) in [6, 6.07) is 32.4. The molecular weight excluding hydrogens is 674 g/mol. The van der Waals surface area contributed by atoms with Crippen molar-refractivity contribution in [3.05, 3.63) is 143 Å². The topological polar surface area (TPSA) is 57.4 Å². The summed E-state index contributed by atoms with van der Waals surface area (Å²) in [7, 11) is 0. The molecule has 0 atom stereocenters. The van der Waals surface area contributed by atoms with E-state index in [0.717, 1.165) is 35.4 Å². The first-order chi connectivity index (χ1) is 24.8. The first kappa shape index (κ1) is 32.7. The highest BCUT2D eigenvalue weighted by Crippen LogP contribution is 2.43. The molecule has 254 valence electrons. The minimum absolute atomic E-state index is 0.0237. The molecule has 0 spiro atoms. The normalized spacial score (nSPS) is 12.2. The third-order valence-electron chi connectivity index (χ3n) is 9.52. The largest absolute Gasteiger partial charge is 0.416 e. The minimum atomic E-state index is -4.66. The fraction of sp³-hybridized carbons (Fsp3) is 0.0952. The fourth-order valence-corrected chi connectivity index (χ4v) is 7.14. The van der Waals surface area contributed by atoms with Gasteiger partial charge in [0.15, 0.2) is 0 Å². The monoisotopic (exact) mass is 698 g/mol. The van der Waals surface area contributed by atoms with E-state index in [1.807, 2.05) is 50.2 Å². The summed E-state index contributed by atoms with van der Waals surface area (Å²) in [6.45, 7) is 3.70. The van der Waals surface area contributed by atoms with Crippen LogP contribution in [0.25, 0.3) is 66.1 Å². The summed E-state index contributed by atoms with van der Waals surface area (Å²) in [5.74, 6) is 0. The van der Waals surface area contributed by atoms with Gasteiger partial charge in [-0.25, -0.2) is 0 Å². The van der Waals surface area contributed by atoms with E-state index >= 15 is 0 Å². The summed E-state index contributed by atoms with van der Waals surface area (Å²) in [4.78, 5) is 0. The van der Waals surface area contributed by atoms with Crippen LogP contribution in [-0.4, -0.2) is 9.13 Å². The highest BCUT2D eigenvalue weighted by molar-refractivity contribution is 6.11. The van der Waals surface area contributed by atoms with Crippen LogP contribution >= 0.6 is 0 Å². The van der Waals surface area contributed by atoms with E-state index in [0.29, 0.717) is 49.3 Å². The molecule has 2 aromatic heterocycles. The molecule has 0 aliphatic rings. The van der Waals surface area contributed by atoms with Gasteiger partial charge < -0.3 is 9.13 Å². The third-order valence-corrected chi connectivity index (χ3v) is 9.52. The van der Waals surface area contributed by atoms with Gasteiger partial charge in [-0.05, 0) is 96.8 Å². The molecule has 0 fully saturated rings. The first-order valence-corrected chi connectivity index (χ1v) is 16.1. The number of benzene rings is 6. The molecule has 8 rings (SSSR count). The van der Waals surface area contributed by atoms with Gasteiger partial charge in [0.2, 0.25) is 0 Å². The van der Waals surface area contributed by atoms with Crippen molar-refractivity contribution in [2.45, 2.75) is 26.2 Å². The van der Waals surface area contributed by atoms with Crippen molar-refractivity contribution in [1.82, 2.24) is 9.13 Å². The predicted octanol–water partition coefficient (Wildman–Crippen LogP) is 11.9. The van der Waals surface area contributed by atoms with Crippen LogP contribution in [0.4, 0.5) is 26.3 Å². The van der Waals surface area contributed by atoms with E-state index in [1.165, 1.54) is 12.1 Å². The van der Waals surface area contributed by atoms with Crippen molar-refractivity contribution in [3.8, 4) is 34.6 Å². The quantitative estimate of drug-likeness (QED) is 0.173. The molecule has 4 nitrogen and oxygen atoms in total. The lowest BCUT2D eigenvalue weighted by Gasteiger charge is -2.19. The fourth-order valence-electron chi connectivity index (χ4n) is 7.14. The van der Waals surface area contributed by atoms with Crippen LogP contribution in [0.5, 0.6) is 0 Å². The number of aromatic nitrogens is 2. The maximum atomic E-state index is 14.2. The molecule has 0 saturated heterocycles. The Morgan fingerprint density at radius 2 is 0.923 bits per heavy atom. The van der Waals surface area contributed by atoms with Gasteiger partial charge in [0.05, 0.1) is 56.2 Å². The number of hydrogen-bond acceptors (Lipinski definition) is 2. The van der Waals surface area contributed by atoms with Crippen molar-refractivity contribution in [1.29, 1.82) is 10.5 Å². The van der Waals surface area contributed by atoms with E-state index in [9.17, 15) is 36.9 Å². The van der Waals surface area contributed by atoms with E-state index in [-0.39, 0.29) is 28.0 Å². The van der Waals surface area contributed by atoms with E-state index in [1.54, 1.807) is 45.5 Å². The molecule has 0 bridgehead atoms. The number of fused-ring (bicyclic) bond motifs is 6. The van der Waals surface area contributed by atoms with Gasteiger partial charge in [0.1, 0.15) is 11.6 Å². The standard InChI is InChI=1S/C42H24F6N4/c1-23-6-10-30-32-12-8-28(41(43,44)45)19-39(32)51(35(30)14-23)37-17-27(26-5-3-4-25(16-26)21-49)18-38(34(37)22-50)52-36-15-24(2)7-11-31(36)33-13-9-29(20-40(33)52)42(46,47)48/h3-20H,1-2H3. The van der Waals surface area contributed by atoms with Crippen LogP contribution in [0.3, 0.4) is 0 Å². The second-order valence-corrected chi connectivity index (χ2v) is 12.9. The van der Waals surface area contributed by atoms with Gasteiger partial charge in [-0.15, -0.1) is 0 Å². The molecule has 0 aliphatic carbocycles. The molecule has 0 N–H and O–H groups in total. The minimum Gasteiger partial charge on any atom is -0.308 e. The number of halogens is 6. The summed E-state index contributed by atoms with van der Waals surface area (Å²) >= 11 is 0. The number of alkyl halides is 6. The summed E-state index contributed by atoms with van der Waals surface area (Å²) < 4.78 is 88.4. The maximum Gasteiger partial charge on any atom is 0.416 e. The van der Waals surface area contributed by atoms with Crippen molar-refractivity contribution in [2.75, 3.05) is 0 Å². The zero-order valence-electron chi connectivity index (χ0n) is 27.4. The van der Waals surface area contributed by atoms with Gasteiger partial charge >= 0.3 is 12.4 Å². The van der Waals surface area contributed by atoms with Gasteiger partial charge in [-0.2, -0.15) is 36.9 Å². The Morgan fingerprint density at radius 1 is 0.481 bits per heavy atom. The molecule has 0 saturated carbocycles. The first-order valence-electron chi connectivity index (χ1n) is 16.1. The van der Waals surface area contributed by atoms with Crippen molar-refractivity contribution >= 4 is 43.6 Å². The van der Waals surface area contributed by atoms with Gasteiger partial charge in [-0.1, -0.05) is 48.5 Å². The molecule has 10 heteroatoms. The molecule has 0 amide bonds. The Labute approximate surface area is 292 Å². The van der Waals surface area contributed by atoms with Gasteiger partial charge in [0.25, 0.3) is 0 Å². The lowest BCUT2D eigenvalue weighted by atomic mass is 9.98. The SMILES string of the molecule is Cc1ccc2c3ccc(C(F)(F)F)cc3n(-c3cc(-c4cccc(C#N)c4)cc(-n4c5cc(C)ccc5c5ccc(C(F)(F)F)cc54)c3C#N)c2c1. The van der Waals surface area contributed by atoms with Crippen LogP contribution < -0.4 is 0 Å². The molecule has 0 unspecified atom stereocenters. The second kappa shape index (κ2) is 11.5. The lowest BCUT2D eigenvalue weighted by molar-refractivity contribution is -0.138. The van der Waals surface area contributed by atoms with Crippen LogP contribution in [0.1, 0.15) is 33.4 Å². The number of rotatable bonds is 3. The predicted molar refractivity (Wildman–Crippen MR) is 189 cm³/mol. The van der Waals surface area contributed by atoms with Crippen molar-refractivity contribution in [2.24, 2.45) is 0 Å². The van der Waals surface area contributed by atoms with Crippen LogP contribution in [0, 0.1) is 36.5 Å². The zero-order chi connectivity index (χ0) is 36.7. The van der Waals surface area contributed by atoms with Gasteiger partial charge in [0, 0.05) is 21.5 Å². The van der Waals surface area contributed by atoms with E-state index in [4.69, 9.17) is 0 Å². The average Bonchev–Trinajstić information content (AvgIpc) is 3.60.